The summed E-state index contributed by atoms with van der Waals surface area (Å²) >= 11 is 0. The predicted molar refractivity (Wildman–Crippen MR) is 142 cm³/mol. The molecule has 0 radical (unpaired) electrons. The fraction of sp³-hybridized carbons (Fsp3) is 0.355. The summed E-state index contributed by atoms with van der Waals surface area (Å²) in [6.45, 7) is 3.78. The van der Waals surface area contributed by atoms with Crippen molar-refractivity contribution in [3.63, 3.8) is 0 Å². The largest absolute Gasteiger partial charge is 0.493 e. The van der Waals surface area contributed by atoms with Crippen LogP contribution in [0.3, 0.4) is 0 Å². The molecule has 1 unspecified atom stereocenters. The minimum atomic E-state index is -0.873. The van der Waals surface area contributed by atoms with Crippen molar-refractivity contribution >= 4 is 11.9 Å². The summed E-state index contributed by atoms with van der Waals surface area (Å²) in [5.74, 6) is -0.323. The summed E-state index contributed by atoms with van der Waals surface area (Å²) in [5, 5.41) is 8.78. The van der Waals surface area contributed by atoms with Gasteiger partial charge in [-0.1, -0.05) is 48.5 Å². The molecule has 188 valence electrons. The Hall–Kier alpha value is -3.60. The number of carbonyl (C=O) groups is 2. The standard InChI is InChI=1S/C31H35NO4/c1-22-9-8-11-28(23(22)2)24-14-16-25(17-15-24)31(35)32(27-18-19-27)21-26-10-5-6-12-29(26)36-20-7-3-4-13-30(33)34/h5-6,8-12,14-17,27H,3-4,7,13,18-21H2,1-2H3,(H,33,34)/i21D. The molecule has 1 N–H and O–H groups in total. The molecule has 0 saturated heterocycles. The van der Waals surface area contributed by atoms with E-state index >= 15 is 0 Å². The van der Waals surface area contributed by atoms with Crippen LogP contribution in [0.1, 0.15) is 66.9 Å². The van der Waals surface area contributed by atoms with E-state index in [9.17, 15) is 9.59 Å². The number of rotatable bonds is 12. The smallest absolute Gasteiger partial charge is 0.303 e. The molecular weight excluding hydrogens is 450 g/mol. The van der Waals surface area contributed by atoms with Gasteiger partial charge in [0.1, 0.15) is 5.75 Å². The van der Waals surface area contributed by atoms with Gasteiger partial charge in [0, 0.05) is 30.1 Å². The number of carbonyl (C=O) groups excluding carboxylic acids is 1. The highest BCUT2D eigenvalue weighted by atomic mass is 16.5. The average molecular weight is 487 g/mol. The van der Waals surface area contributed by atoms with Crippen molar-refractivity contribution in [3.8, 4) is 16.9 Å². The predicted octanol–water partition coefficient (Wildman–Crippen LogP) is 6.80. The van der Waals surface area contributed by atoms with E-state index in [-0.39, 0.29) is 18.4 Å². The number of hydrogen-bond donors (Lipinski definition) is 1. The number of aliphatic carboxylic acids is 1. The van der Waals surface area contributed by atoms with Gasteiger partial charge in [-0.2, -0.15) is 0 Å². The Kier molecular flexibility index (Phi) is 7.96. The summed E-state index contributed by atoms with van der Waals surface area (Å²) in [7, 11) is 0. The van der Waals surface area contributed by atoms with Crippen LogP contribution in [0.4, 0.5) is 0 Å². The van der Waals surface area contributed by atoms with Gasteiger partial charge in [0.2, 0.25) is 0 Å². The molecule has 36 heavy (non-hydrogen) atoms. The fourth-order valence-corrected chi connectivity index (χ4v) is 4.29. The van der Waals surface area contributed by atoms with Crippen LogP contribution in [0.15, 0.2) is 66.7 Å². The second kappa shape index (κ2) is 11.9. The Morgan fingerprint density at radius 3 is 2.44 bits per heavy atom. The third-order valence-corrected chi connectivity index (χ3v) is 6.71. The molecule has 1 saturated carbocycles. The lowest BCUT2D eigenvalue weighted by molar-refractivity contribution is -0.137. The summed E-state index contributed by atoms with van der Waals surface area (Å²) in [4.78, 5) is 26.0. The molecule has 3 aromatic carbocycles. The van der Waals surface area contributed by atoms with Gasteiger partial charge < -0.3 is 14.7 Å². The van der Waals surface area contributed by atoms with Gasteiger partial charge in [-0.25, -0.2) is 0 Å². The van der Waals surface area contributed by atoms with Crippen molar-refractivity contribution < 1.29 is 20.8 Å². The Labute approximate surface area is 215 Å². The molecule has 1 atom stereocenters. The minimum absolute atomic E-state index is 0.0535. The molecule has 0 aromatic heterocycles. The van der Waals surface area contributed by atoms with Crippen LogP contribution >= 0.6 is 0 Å². The van der Waals surface area contributed by atoms with Crippen molar-refractivity contribution in [1.82, 2.24) is 4.90 Å². The number of aryl methyl sites for hydroxylation is 1. The first-order chi connectivity index (χ1) is 17.9. The Morgan fingerprint density at radius 2 is 1.72 bits per heavy atom. The molecule has 4 rings (SSSR count). The van der Waals surface area contributed by atoms with E-state index in [1.165, 1.54) is 11.1 Å². The first kappa shape index (κ1) is 24.1. The maximum Gasteiger partial charge on any atom is 0.303 e. The number of carboxylic acids is 1. The van der Waals surface area contributed by atoms with E-state index in [2.05, 4.69) is 26.0 Å². The van der Waals surface area contributed by atoms with E-state index in [1.54, 1.807) is 4.90 Å². The molecule has 5 nitrogen and oxygen atoms in total. The number of benzene rings is 3. The molecule has 3 aromatic rings. The summed E-state index contributed by atoms with van der Waals surface area (Å²) in [5.41, 5.74) is 5.93. The Bertz CT molecular complexity index is 1240. The van der Waals surface area contributed by atoms with Gasteiger partial charge in [-0.15, -0.1) is 0 Å². The van der Waals surface area contributed by atoms with Crippen LogP contribution in [0, 0.1) is 13.8 Å². The second-order valence-corrected chi connectivity index (χ2v) is 9.49. The van der Waals surface area contributed by atoms with Gasteiger partial charge >= 0.3 is 5.97 Å². The molecule has 0 heterocycles. The number of ether oxygens (including phenoxy) is 1. The van der Waals surface area contributed by atoms with Crippen LogP contribution < -0.4 is 4.74 Å². The van der Waals surface area contributed by atoms with E-state index in [0.717, 1.165) is 36.8 Å². The normalized spacial score (nSPS) is 14.1. The number of hydrogen-bond acceptors (Lipinski definition) is 3. The third kappa shape index (κ3) is 6.54. The van der Waals surface area contributed by atoms with E-state index in [0.29, 0.717) is 29.9 Å². The van der Waals surface area contributed by atoms with Gasteiger partial charge in [-0.05, 0) is 86.4 Å². The van der Waals surface area contributed by atoms with Crippen LogP contribution in [0.2, 0.25) is 0 Å². The van der Waals surface area contributed by atoms with Crippen LogP contribution in [0.25, 0.3) is 11.1 Å². The van der Waals surface area contributed by atoms with Crippen molar-refractivity contribution in [1.29, 1.82) is 0 Å². The molecule has 5 heteroatoms. The molecular formula is C31H35NO4. The lowest BCUT2D eigenvalue weighted by atomic mass is 9.96. The highest BCUT2D eigenvalue weighted by molar-refractivity contribution is 5.95. The molecule has 1 aliphatic carbocycles. The highest BCUT2D eigenvalue weighted by Gasteiger charge is 2.33. The molecule has 1 amide bonds. The quantitative estimate of drug-likeness (QED) is 0.286. The van der Waals surface area contributed by atoms with Gasteiger partial charge in [-0.3, -0.25) is 9.59 Å². The highest BCUT2D eigenvalue weighted by Crippen LogP contribution is 2.32. The average Bonchev–Trinajstić information content (AvgIpc) is 3.73. The van der Waals surface area contributed by atoms with E-state index in [1.807, 2.05) is 54.6 Å². The maximum atomic E-state index is 13.6. The molecule has 0 bridgehead atoms. The molecule has 1 fully saturated rings. The van der Waals surface area contributed by atoms with Gasteiger partial charge in [0.05, 0.1) is 7.98 Å². The lowest BCUT2D eigenvalue weighted by Crippen LogP contribution is -2.32. The Balaban J connectivity index is 1.47. The summed E-state index contributed by atoms with van der Waals surface area (Å²) < 4.78 is 15.0. The number of para-hydroxylation sites is 1. The SMILES string of the molecule is [2H]C(c1ccccc1OCCCCCC(=O)O)N(C(=O)c1ccc(-c2cccc(C)c2C)cc1)C1CC1. The number of unbranched alkanes of at least 4 members (excludes halogenated alkanes) is 2. The monoisotopic (exact) mass is 486 g/mol. The minimum Gasteiger partial charge on any atom is -0.493 e. The van der Waals surface area contributed by atoms with Crippen LogP contribution in [0.5, 0.6) is 5.75 Å². The zero-order valence-electron chi connectivity index (χ0n) is 22.1. The topological polar surface area (TPSA) is 66.8 Å². The summed E-state index contributed by atoms with van der Waals surface area (Å²) in [6, 6.07) is 21.4. The van der Waals surface area contributed by atoms with Crippen molar-refractivity contribution in [3.05, 3.63) is 89.0 Å². The van der Waals surface area contributed by atoms with Crippen molar-refractivity contribution in [2.24, 2.45) is 0 Å². The van der Waals surface area contributed by atoms with Gasteiger partial charge in [0.25, 0.3) is 5.91 Å². The number of nitrogens with zero attached hydrogens (tertiary/aromatic N) is 1. The van der Waals surface area contributed by atoms with Crippen LogP contribution in [-0.2, 0) is 11.3 Å². The zero-order valence-corrected chi connectivity index (χ0v) is 21.1. The van der Waals surface area contributed by atoms with Crippen LogP contribution in [-0.4, -0.2) is 34.5 Å². The fourth-order valence-electron chi connectivity index (χ4n) is 4.29. The molecule has 0 spiro atoms. The van der Waals surface area contributed by atoms with Crippen molar-refractivity contribution in [2.45, 2.75) is 64.9 Å². The number of carboxylic acid groups (broad SMARTS) is 1. The van der Waals surface area contributed by atoms with E-state index < -0.39 is 12.5 Å². The Morgan fingerprint density at radius 1 is 0.972 bits per heavy atom. The molecule has 0 aliphatic heterocycles. The number of amides is 1. The summed E-state index contributed by atoms with van der Waals surface area (Å²) in [6.07, 6.45) is 4.08. The van der Waals surface area contributed by atoms with Gasteiger partial charge in [0.15, 0.2) is 0 Å². The van der Waals surface area contributed by atoms with E-state index in [4.69, 9.17) is 11.2 Å². The third-order valence-electron chi connectivity index (χ3n) is 6.71. The lowest BCUT2D eigenvalue weighted by Gasteiger charge is -2.24. The zero-order chi connectivity index (χ0) is 26.4. The van der Waals surface area contributed by atoms with Crippen molar-refractivity contribution in [2.75, 3.05) is 6.61 Å². The first-order valence-electron chi connectivity index (χ1n) is 13.3. The first-order valence-corrected chi connectivity index (χ1v) is 12.7. The maximum absolute atomic E-state index is 13.6. The molecule has 1 aliphatic rings. The second-order valence-electron chi connectivity index (χ2n) is 9.49.